The first kappa shape index (κ1) is 93.1. The maximum Gasteiger partial charge on any atom is 0.472 e. The molecule has 0 aliphatic rings. The van der Waals surface area contributed by atoms with Crippen molar-refractivity contribution in [3.8, 4) is 0 Å². The highest BCUT2D eigenvalue weighted by molar-refractivity contribution is 7.47. The molecule has 7 atom stereocenters. The number of phosphoric acid groups is 2. The molecule has 0 bridgehead atoms. The number of unbranched alkanes of at least 4 members (excludes halogenated alkanes) is 43. The average molecular weight is 1400 g/mol. The third-order valence-electron chi connectivity index (χ3n) is 18.4. The van der Waals surface area contributed by atoms with Crippen molar-refractivity contribution in [2.24, 2.45) is 11.8 Å². The van der Waals surface area contributed by atoms with Crippen LogP contribution in [0, 0.1) is 11.8 Å². The minimum absolute atomic E-state index is 0.105. The highest BCUT2D eigenvalue weighted by Gasteiger charge is 2.30. The van der Waals surface area contributed by atoms with Crippen molar-refractivity contribution < 1.29 is 80.2 Å². The van der Waals surface area contributed by atoms with Gasteiger partial charge in [0.15, 0.2) is 12.2 Å². The van der Waals surface area contributed by atoms with Crippen LogP contribution in [0.4, 0.5) is 0 Å². The molecule has 19 heteroatoms. The summed E-state index contributed by atoms with van der Waals surface area (Å²) in [5.41, 5.74) is 0. The molecule has 17 nitrogen and oxygen atoms in total. The number of aliphatic hydroxyl groups is 1. The van der Waals surface area contributed by atoms with E-state index in [1.807, 2.05) is 0 Å². The van der Waals surface area contributed by atoms with Crippen LogP contribution in [-0.2, 0) is 65.4 Å². The van der Waals surface area contributed by atoms with Crippen LogP contribution in [0.15, 0.2) is 0 Å². The lowest BCUT2D eigenvalue weighted by Crippen LogP contribution is -2.30. The van der Waals surface area contributed by atoms with Gasteiger partial charge in [0.1, 0.15) is 19.3 Å². The molecular formula is C76H148O17P2. The molecule has 4 unspecified atom stereocenters. The largest absolute Gasteiger partial charge is 0.472 e. The molecule has 0 aromatic heterocycles. The summed E-state index contributed by atoms with van der Waals surface area (Å²) < 4.78 is 68.5. The van der Waals surface area contributed by atoms with E-state index in [1.54, 1.807) is 0 Å². The van der Waals surface area contributed by atoms with Crippen LogP contribution in [0.2, 0.25) is 0 Å². The highest BCUT2D eigenvalue weighted by Crippen LogP contribution is 2.45. The van der Waals surface area contributed by atoms with Gasteiger partial charge in [-0.25, -0.2) is 9.13 Å². The van der Waals surface area contributed by atoms with E-state index in [9.17, 15) is 43.2 Å². The number of hydrogen-bond acceptors (Lipinski definition) is 15. The Balaban J connectivity index is 5.22. The lowest BCUT2D eigenvalue weighted by Gasteiger charge is -2.21. The molecule has 95 heavy (non-hydrogen) atoms. The summed E-state index contributed by atoms with van der Waals surface area (Å²) >= 11 is 0. The Labute approximate surface area is 581 Å². The normalized spacial score (nSPS) is 14.6. The Hall–Kier alpha value is -1.94. The molecule has 564 valence electrons. The molecule has 0 spiro atoms. The standard InChI is InChI=1S/C76H148O17P2/c1-7-11-13-15-17-19-20-21-22-23-24-25-26-27-28-29-35-42-48-54-60-75(80)92-71(65-87-74(79)59-53-47-41-34-31-30-33-38-44-50-56-68(5)9-3)66-90-94(82,83)88-62-70(77)63-89-95(84,85)91-67-72(64-86-73(78)58-52-46-40-32-18-16-14-12-8-2)93-76(81)61-55-49-43-37-36-39-45-51-57-69(6)10-4/h68-72,77H,7-67H2,1-6H3,(H,82,83)(H,84,85)/t68?,69?,70-,71-,72-/m1/s1. The molecular weight excluding hydrogens is 1250 g/mol. The molecule has 3 N–H and O–H groups in total. The van der Waals surface area contributed by atoms with Gasteiger partial charge in [0.05, 0.1) is 26.4 Å². The number of phosphoric ester groups is 2. The lowest BCUT2D eigenvalue weighted by atomic mass is 9.99. The molecule has 0 aliphatic heterocycles. The van der Waals surface area contributed by atoms with E-state index < -0.39 is 97.5 Å². The van der Waals surface area contributed by atoms with Crippen LogP contribution < -0.4 is 0 Å². The Morgan fingerprint density at radius 2 is 0.505 bits per heavy atom. The van der Waals surface area contributed by atoms with Crippen molar-refractivity contribution in [2.45, 2.75) is 413 Å². The summed E-state index contributed by atoms with van der Waals surface area (Å²) in [6, 6.07) is 0. The minimum atomic E-state index is -4.96. The van der Waals surface area contributed by atoms with Crippen molar-refractivity contribution in [2.75, 3.05) is 39.6 Å². The number of hydrogen-bond donors (Lipinski definition) is 3. The predicted molar refractivity (Wildman–Crippen MR) is 386 cm³/mol. The second-order valence-corrected chi connectivity index (χ2v) is 30.8. The predicted octanol–water partition coefficient (Wildman–Crippen LogP) is 22.3. The topological polar surface area (TPSA) is 237 Å². The number of ether oxygens (including phenoxy) is 4. The van der Waals surface area contributed by atoms with Crippen molar-refractivity contribution in [1.29, 1.82) is 0 Å². The molecule has 0 radical (unpaired) electrons. The van der Waals surface area contributed by atoms with E-state index in [0.717, 1.165) is 102 Å². The first-order valence-electron chi connectivity index (χ1n) is 39.6. The fraction of sp³-hybridized carbons (Fsp3) is 0.947. The summed E-state index contributed by atoms with van der Waals surface area (Å²) in [7, 11) is -9.91. The molecule has 0 fully saturated rings. The number of rotatable bonds is 75. The maximum absolute atomic E-state index is 13.1. The Bertz CT molecular complexity index is 1840. The van der Waals surface area contributed by atoms with Gasteiger partial charge in [-0.2, -0.15) is 0 Å². The van der Waals surface area contributed by atoms with Crippen LogP contribution >= 0.6 is 15.6 Å². The zero-order valence-electron chi connectivity index (χ0n) is 62.0. The van der Waals surface area contributed by atoms with E-state index in [2.05, 4.69) is 41.5 Å². The molecule has 0 heterocycles. The van der Waals surface area contributed by atoms with Gasteiger partial charge in [-0.05, 0) is 37.5 Å². The van der Waals surface area contributed by atoms with Gasteiger partial charge in [-0.3, -0.25) is 37.3 Å². The molecule has 0 aromatic rings. The quantitative estimate of drug-likeness (QED) is 0.0222. The van der Waals surface area contributed by atoms with E-state index in [-0.39, 0.29) is 25.7 Å². The van der Waals surface area contributed by atoms with Crippen molar-refractivity contribution in [1.82, 2.24) is 0 Å². The smallest absolute Gasteiger partial charge is 0.462 e. The second-order valence-electron chi connectivity index (χ2n) is 27.9. The van der Waals surface area contributed by atoms with Gasteiger partial charge in [0.25, 0.3) is 0 Å². The van der Waals surface area contributed by atoms with Crippen molar-refractivity contribution in [3.05, 3.63) is 0 Å². The summed E-state index contributed by atoms with van der Waals surface area (Å²) in [6.45, 7) is 9.60. The van der Waals surface area contributed by atoms with Gasteiger partial charge >= 0.3 is 39.5 Å². The van der Waals surface area contributed by atoms with Gasteiger partial charge < -0.3 is 33.8 Å². The monoisotopic (exact) mass is 1400 g/mol. The SMILES string of the molecule is CCCCCCCCCCCCCCCCCCCCCCC(=O)O[C@H](COC(=O)CCCCCCCCCCCCC(C)CC)COP(=O)(O)OC[C@@H](O)COP(=O)(O)OC[C@@H](COC(=O)CCCCCCCCCCC)OC(=O)CCCCCCCCCCC(C)CC. The summed E-state index contributed by atoms with van der Waals surface area (Å²) in [4.78, 5) is 72.8. The number of esters is 4. The van der Waals surface area contributed by atoms with Crippen LogP contribution in [0.25, 0.3) is 0 Å². The molecule has 0 aromatic carbocycles. The Morgan fingerprint density at radius 1 is 0.295 bits per heavy atom. The fourth-order valence-electron chi connectivity index (χ4n) is 11.6. The number of carbonyl (C=O) groups is 4. The van der Waals surface area contributed by atoms with Crippen LogP contribution in [-0.4, -0.2) is 96.7 Å². The van der Waals surface area contributed by atoms with E-state index in [4.69, 9.17) is 37.0 Å². The van der Waals surface area contributed by atoms with Crippen LogP contribution in [0.1, 0.15) is 395 Å². The minimum Gasteiger partial charge on any atom is -0.462 e. The number of aliphatic hydroxyl groups excluding tert-OH is 1. The van der Waals surface area contributed by atoms with Crippen LogP contribution in [0.3, 0.4) is 0 Å². The molecule has 0 saturated heterocycles. The maximum atomic E-state index is 13.1. The highest BCUT2D eigenvalue weighted by atomic mass is 31.2. The van der Waals surface area contributed by atoms with Gasteiger partial charge in [0, 0.05) is 25.7 Å². The first-order chi connectivity index (χ1) is 45.9. The van der Waals surface area contributed by atoms with Gasteiger partial charge in [-0.1, -0.05) is 343 Å². The first-order valence-corrected chi connectivity index (χ1v) is 42.6. The van der Waals surface area contributed by atoms with Crippen molar-refractivity contribution in [3.63, 3.8) is 0 Å². The number of carbonyl (C=O) groups excluding carboxylic acids is 4. The third kappa shape index (κ3) is 67.6. The fourth-order valence-corrected chi connectivity index (χ4v) is 13.2. The zero-order chi connectivity index (χ0) is 70.0. The Morgan fingerprint density at radius 3 is 0.747 bits per heavy atom. The summed E-state index contributed by atoms with van der Waals surface area (Å²) in [6.07, 6.45) is 55.4. The molecule has 0 aliphatic carbocycles. The molecule has 0 amide bonds. The molecule has 0 saturated carbocycles. The van der Waals surface area contributed by atoms with Gasteiger partial charge in [0.2, 0.25) is 0 Å². The van der Waals surface area contributed by atoms with E-state index >= 15 is 0 Å². The van der Waals surface area contributed by atoms with Crippen molar-refractivity contribution >= 4 is 39.5 Å². The second kappa shape index (κ2) is 67.9. The van der Waals surface area contributed by atoms with E-state index in [1.165, 1.54) is 212 Å². The molecule has 0 rings (SSSR count). The average Bonchev–Trinajstić information content (AvgIpc) is 3.65. The Kier molecular flexibility index (Phi) is 66.5. The van der Waals surface area contributed by atoms with Gasteiger partial charge in [-0.15, -0.1) is 0 Å². The summed E-state index contributed by atoms with van der Waals surface area (Å²) in [5.74, 6) is -0.539. The summed E-state index contributed by atoms with van der Waals surface area (Å²) in [5, 5.41) is 10.6. The van der Waals surface area contributed by atoms with E-state index in [0.29, 0.717) is 25.7 Å². The van der Waals surface area contributed by atoms with Crippen LogP contribution in [0.5, 0.6) is 0 Å². The third-order valence-corrected chi connectivity index (χ3v) is 20.3. The lowest BCUT2D eigenvalue weighted by molar-refractivity contribution is -0.161. The zero-order valence-corrected chi connectivity index (χ0v) is 63.8.